The Labute approximate surface area is 218 Å². The third kappa shape index (κ3) is 7.29. The van der Waals surface area contributed by atoms with Gasteiger partial charge in [0.15, 0.2) is 18.7 Å². The maximum Gasteiger partial charge on any atom is 0.335 e. The Morgan fingerprint density at radius 2 is 1.62 bits per heavy atom. The predicted molar refractivity (Wildman–Crippen MR) is 125 cm³/mol. The van der Waals surface area contributed by atoms with E-state index >= 15 is 0 Å². The molecule has 2 aliphatic heterocycles. The summed E-state index contributed by atoms with van der Waals surface area (Å²) in [4.78, 5) is 36.8. The summed E-state index contributed by atoms with van der Waals surface area (Å²) in [6.45, 7) is 3.65. The van der Waals surface area contributed by atoms with Crippen LogP contribution in [0.1, 0.15) is 20.8 Å². The number of rotatable bonds is 10. The van der Waals surface area contributed by atoms with Gasteiger partial charge in [0.2, 0.25) is 11.8 Å². The van der Waals surface area contributed by atoms with Crippen molar-refractivity contribution in [2.75, 3.05) is 20.8 Å². The lowest BCUT2D eigenvalue weighted by Gasteiger charge is -2.47. The topological polar surface area (TPSA) is 223 Å². The van der Waals surface area contributed by atoms with Crippen LogP contribution in [0.2, 0.25) is 0 Å². The quantitative estimate of drug-likeness (QED) is 0.122. The van der Waals surface area contributed by atoms with E-state index in [1.165, 1.54) is 14.0 Å². The molecule has 0 aromatic heterocycles. The number of aliphatic carboxylic acids is 1. The van der Waals surface area contributed by atoms with Crippen LogP contribution in [0.3, 0.4) is 0 Å². The first-order chi connectivity index (χ1) is 17.2. The fourth-order valence-corrected chi connectivity index (χ4v) is 4.35. The number of amides is 2. The van der Waals surface area contributed by atoms with E-state index in [4.69, 9.17) is 23.7 Å². The van der Waals surface area contributed by atoms with E-state index in [0.717, 1.165) is 7.11 Å². The van der Waals surface area contributed by atoms with Crippen LogP contribution >= 0.6 is 12.6 Å². The molecule has 16 heteroatoms. The Kier molecular flexibility index (Phi) is 11.1. The number of hydrogen-bond donors (Lipinski definition) is 8. The van der Waals surface area contributed by atoms with Crippen LogP contribution in [0, 0.1) is 0 Å². The Morgan fingerprint density at radius 3 is 2.08 bits per heavy atom. The number of hydrogen-bond acceptors (Lipinski definition) is 13. The molecular weight excluding hydrogens is 520 g/mol. The van der Waals surface area contributed by atoms with Crippen LogP contribution in [0.5, 0.6) is 0 Å². The van der Waals surface area contributed by atoms with Crippen molar-refractivity contribution in [3.63, 3.8) is 0 Å². The summed E-state index contributed by atoms with van der Waals surface area (Å²) in [5.74, 6) is -2.85. The fraction of sp³-hybridized carbons (Fsp3) is 0.857. The Balaban J connectivity index is 2.43. The number of ether oxygens (including phenoxy) is 5. The number of carboxylic acids is 1. The highest BCUT2D eigenvalue weighted by molar-refractivity contribution is 7.81. The molecule has 214 valence electrons. The molecule has 0 aromatic carbocycles. The van der Waals surface area contributed by atoms with E-state index in [9.17, 15) is 39.9 Å². The van der Waals surface area contributed by atoms with Crippen molar-refractivity contribution in [1.29, 1.82) is 0 Å². The Bertz CT molecular complexity index is 812. The second kappa shape index (κ2) is 13.0. The fourth-order valence-electron chi connectivity index (χ4n) is 4.17. The zero-order valence-corrected chi connectivity index (χ0v) is 21.9. The minimum absolute atomic E-state index is 0.521. The van der Waals surface area contributed by atoms with Crippen LogP contribution in [-0.2, 0) is 38.1 Å². The Hall–Kier alpha value is -1.60. The lowest BCUT2D eigenvalue weighted by atomic mass is 9.94. The number of nitrogens with one attached hydrogen (secondary N) is 2. The highest BCUT2D eigenvalue weighted by Gasteiger charge is 2.54. The molecule has 2 fully saturated rings. The van der Waals surface area contributed by atoms with E-state index in [1.54, 1.807) is 13.8 Å². The number of carbonyl (C=O) groups excluding carboxylic acids is 2. The summed E-state index contributed by atoms with van der Waals surface area (Å²) in [6.07, 6.45) is -14.3. The van der Waals surface area contributed by atoms with Crippen LogP contribution < -0.4 is 10.6 Å². The first-order valence-electron chi connectivity index (χ1n) is 11.4. The first kappa shape index (κ1) is 31.6. The molecule has 7 unspecified atom stereocenters. The SMILES string of the molecule is COC1OC(C(=O)O)[C@@H](O[C@@H]2OC(CO)C(O)[C@H](OC)C2NC(=O)[C@H](NC(C)=O)C(C)(C)S)C(O)C1O. The average molecular weight is 557 g/mol. The number of methoxy groups -OCH3 is 2. The second-order valence-electron chi connectivity index (χ2n) is 9.32. The molecule has 0 aliphatic carbocycles. The molecule has 7 N–H and O–H groups in total. The summed E-state index contributed by atoms with van der Waals surface area (Å²) >= 11 is 4.37. The monoisotopic (exact) mass is 556 g/mol. The van der Waals surface area contributed by atoms with Gasteiger partial charge in [0.05, 0.1) is 6.61 Å². The summed E-state index contributed by atoms with van der Waals surface area (Å²) in [5.41, 5.74) is 0. The molecule has 0 saturated carbocycles. The maximum atomic E-state index is 13.2. The van der Waals surface area contributed by atoms with Gasteiger partial charge in [0.1, 0.15) is 48.7 Å². The molecule has 0 aromatic rings. The standard InChI is InChI=1S/C21H36N2O13S/c1-7(25)22-16(21(2,3)37)17(29)23-9-13(32-4)10(26)8(6-24)34-19(9)35-14-11(27)12(28)20(33-5)36-15(14)18(30)31/h8-16,19-20,24,26-28,37H,6H2,1-5H3,(H,22,25)(H,23,29)(H,30,31)/t8?,9?,10?,11?,12?,13-,14+,15?,16+,19+,20?/m1/s1. The number of carboxylic acid groups (broad SMARTS) is 1. The van der Waals surface area contributed by atoms with Gasteiger partial charge in [-0.05, 0) is 13.8 Å². The van der Waals surface area contributed by atoms with Gasteiger partial charge >= 0.3 is 5.97 Å². The van der Waals surface area contributed by atoms with E-state index < -0.39 is 96.5 Å². The summed E-state index contributed by atoms with van der Waals surface area (Å²) in [7, 11) is 2.35. The van der Waals surface area contributed by atoms with Crippen molar-refractivity contribution in [2.24, 2.45) is 0 Å². The van der Waals surface area contributed by atoms with Crippen molar-refractivity contribution >= 4 is 30.4 Å². The van der Waals surface area contributed by atoms with Gasteiger partial charge in [-0.1, -0.05) is 0 Å². The molecule has 2 saturated heterocycles. The molecule has 0 spiro atoms. The third-order valence-corrected chi connectivity index (χ3v) is 6.32. The lowest BCUT2D eigenvalue weighted by molar-refractivity contribution is -0.339. The molecular formula is C21H36N2O13S. The number of thiol groups is 1. The van der Waals surface area contributed by atoms with Crippen LogP contribution in [0.4, 0.5) is 0 Å². The highest BCUT2D eigenvalue weighted by Crippen LogP contribution is 2.31. The highest BCUT2D eigenvalue weighted by atomic mass is 32.1. The second-order valence-corrected chi connectivity index (χ2v) is 10.5. The van der Waals surface area contributed by atoms with Crippen molar-refractivity contribution in [3.05, 3.63) is 0 Å². The minimum Gasteiger partial charge on any atom is -0.479 e. The molecule has 2 amide bonds. The van der Waals surface area contributed by atoms with E-state index in [2.05, 4.69) is 23.3 Å². The largest absolute Gasteiger partial charge is 0.479 e. The van der Waals surface area contributed by atoms with Gasteiger partial charge < -0.3 is 59.9 Å². The van der Waals surface area contributed by atoms with Crippen molar-refractivity contribution < 1.29 is 63.6 Å². The van der Waals surface area contributed by atoms with Crippen molar-refractivity contribution in [2.45, 2.75) is 92.9 Å². The van der Waals surface area contributed by atoms with Gasteiger partial charge in [-0.25, -0.2) is 4.79 Å². The van der Waals surface area contributed by atoms with Gasteiger partial charge in [-0.2, -0.15) is 12.6 Å². The molecule has 2 rings (SSSR count). The van der Waals surface area contributed by atoms with Gasteiger partial charge in [0, 0.05) is 25.9 Å². The zero-order valence-electron chi connectivity index (χ0n) is 21.0. The third-order valence-electron chi connectivity index (χ3n) is 6.06. The van der Waals surface area contributed by atoms with Crippen LogP contribution in [0.15, 0.2) is 0 Å². The smallest absolute Gasteiger partial charge is 0.335 e. The summed E-state index contributed by atoms with van der Waals surface area (Å²) in [5, 5.41) is 55.9. The van der Waals surface area contributed by atoms with Crippen LogP contribution in [0.25, 0.3) is 0 Å². The molecule has 11 atom stereocenters. The van der Waals surface area contributed by atoms with E-state index in [1.807, 2.05) is 0 Å². The summed E-state index contributed by atoms with van der Waals surface area (Å²) < 4.78 is 25.7. The molecule has 0 radical (unpaired) electrons. The molecule has 0 bridgehead atoms. The zero-order chi connectivity index (χ0) is 28.2. The van der Waals surface area contributed by atoms with Gasteiger partial charge in [-0.15, -0.1) is 0 Å². The van der Waals surface area contributed by atoms with Gasteiger partial charge in [-0.3, -0.25) is 9.59 Å². The number of aliphatic hydroxyl groups excluding tert-OH is 4. The normalized spacial score (nSPS) is 37.5. The Morgan fingerprint density at radius 1 is 1.00 bits per heavy atom. The summed E-state index contributed by atoms with van der Waals surface area (Å²) in [6, 6.07) is -2.54. The van der Waals surface area contributed by atoms with Crippen LogP contribution in [-0.4, -0.2) is 136 Å². The van der Waals surface area contributed by atoms with Crippen molar-refractivity contribution in [3.8, 4) is 0 Å². The number of carbonyl (C=O) groups is 3. The van der Waals surface area contributed by atoms with Crippen molar-refractivity contribution in [1.82, 2.24) is 10.6 Å². The molecule has 37 heavy (non-hydrogen) atoms. The molecule has 2 heterocycles. The number of aliphatic hydroxyl groups is 4. The van der Waals surface area contributed by atoms with E-state index in [-0.39, 0.29) is 0 Å². The predicted octanol–water partition coefficient (Wildman–Crippen LogP) is -3.66. The minimum atomic E-state index is -1.84. The average Bonchev–Trinajstić information content (AvgIpc) is 2.81. The van der Waals surface area contributed by atoms with Gasteiger partial charge in [0.25, 0.3) is 0 Å². The molecule has 15 nitrogen and oxygen atoms in total. The molecule has 2 aliphatic rings. The lowest BCUT2D eigenvalue weighted by Crippen LogP contribution is -2.70. The maximum absolute atomic E-state index is 13.2. The van der Waals surface area contributed by atoms with E-state index in [0.29, 0.717) is 0 Å². The first-order valence-corrected chi connectivity index (χ1v) is 11.8.